The van der Waals surface area contributed by atoms with Gasteiger partial charge in [-0.1, -0.05) is 62.4 Å². The van der Waals surface area contributed by atoms with E-state index >= 15 is 0 Å². The standard InChI is InChI=1S/C25H33N3O3/c29-24(13-11-20-7-3-1-4-8-20)27-15-17-28(18-16-27)25(30)14-12-23-26-19-22(31-23)21-9-5-2-6-10-21/h2,5-6,9-10,19-20H,1,3-4,7-8,11-18H2. The van der Waals surface area contributed by atoms with Crippen LogP contribution in [-0.2, 0) is 16.0 Å². The van der Waals surface area contributed by atoms with Gasteiger partial charge >= 0.3 is 0 Å². The van der Waals surface area contributed by atoms with Gasteiger partial charge in [0.2, 0.25) is 11.8 Å². The highest BCUT2D eigenvalue weighted by molar-refractivity contribution is 5.78. The van der Waals surface area contributed by atoms with Gasteiger partial charge in [0.25, 0.3) is 0 Å². The second kappa shape index (κ2) is 10.6. The molecule has 1 saturated heterocycles. The maximum atomic E-state index is 12.6. The second-order valence-corrected chi connectivity index (χ2v) is 8.79. The van der Waals surface area contributed by atoms with E-state index in [9.17, 15) is 9.59 Å². The van der Waals surface area contributed by atoms with Crippen LogP contribution in [0.2, 0.25) is 0 Å². The first-order valence-corrected chi connectivity index (χ1v) is 11.7. The van der Waals surface area contributed by atoms with Gasteiger partial charge in [-0.15, -0.1) is 0 Å². The molecule has 1 aromatic carbocycles. The molecule has 2 aliphatic rings. The van der Waals surface area contributed by atoms with E-state index in [1.807, 2.05) is 40.1 Å². The first-order valence-electron chi connectivity index (χ1n) is 11.7. The Bertz CT molecular complexity index is 850. The van der Waals surface area contributed by atoms with E-state index in [-0.39, 0.29) is 11.8 Å². The zero-order chi connectivity index (χ0) is 21.5. The van der Waals surface area contributed by atoms with Crippen LogP contribution in [0.5, 0.6) is 0 Å². The van der Waals surface area contributed by atoms with Crippen LogP contribution < -0.4 is 0 Å². The van der Waals surface area contributed by atoms with Crippen molar-refractivity contribution in [2.45, 2.75) is 57.8 Å². The molecule has 31 heavy (non-hydrogen) atoms. The highest BCUT2D eigenvalue weighted by atomic mass is 16.4. The molecule has 1 aliphatic heterocycles. The van der Waals surface area contributed by atoms with Crippen LogP contribution in [0.4, 0.5) is 0 Å². The Balaban J connectivity index is 1.17. The summed E-state index contributed by atoms with van der Waals surface area (Å²) in [5.74, 6) is 2.41. The molecule has 6 nitrogen and oxygen atoms in total. The Morgan fingerprint density at radius 1 is 0.903 bits per heavy atom. The van der Waals surface area contributed by atoms with Crippen molar-refractivity contribution >= 4 is 11.8 Å². The summed E-state index contributed by atoms with van der Waals surface area (Å²) < 4.78 is 5.80. The van der Waals surface area contributed by atoms with Crippen LogP contribution in [-0.4, -0.2) is 52.8 Å². The van der Waals surface area contributed by atoms with Crippen LogP contribution in [0.3, 0.4) is 0 Å². The summed E-state index contributed by atoms with van der Waals surface area (Å²) in [6.45, 7) is 2.53. The summed E-state index contributed by atoms with van der Waals surface area (Å²) in [4.78, 5) is 33.3. The molecule has 6 heteroatoms. The quantitative estimate of drug-likeness (QED) is 0.666. The molecule has 0 radical (unpaired) electrons. The van der Waals surface area contributed by atoms with Gasteiger partial charge in [-0.05, 0) is 12.3 Å². The van der Waals surface area contributed by atoms with E-state index in [4.69, 9.17) is 4.42 Å². The molecule has 0 unspecified atom stereocenters. The predicted molar refractivity (Wildman–Crippen MR) is 119 cm³/mol. The fraction of sp³-hybridized carbons (Fsp3) is 0.560. The molecule has 1 aromatic heterocycles. The van der Waals surface area contributed by atoms with E-state index in [2.05, 4.69) is 4.98 Å². The predicted octanol–water partition coefficient (Wildman–Crippen LogP) is 4.31. The van der Waals surface area contributed by atoms with E-state index in [0.29, 0.717) is 51.3 Å². The molecule has 166 valence electrons. The summed E-state index contributed by atoms with van der Waals surface area (Å²) >= 11 is 0. The van der Waals surface area contributed by atoms with Gasteiger partial charge in [0.05, 0.1) is 6.20 Å². The molecule has 2 fully saturated rings. The number of piperazine rings is 1. The summed E-state index contributed by atoms with van der Waals surface area (Å²) in [5, 5.41) is 0. The number of rotatable bonds is 7. The molecule has 0 N–H and O–H groups in total. The number of hydrogen-bond acceptors (Lipinski definition) is 4. The number of aromatic nitrogens is 1. The summed E-state index contributed by atoms with van der Waals surface area (Å²) in [6.07, 6.45) is 10.8. The lowest BCUT2D eigenvalue weighted by Gasteiger charge is -2.35. The average molecular weight is 424 g/mol. The molecule has 1 saturated carbocycles. The van der Waals surface area contributed by atoms with Crippen LogP contribution in [0.15, 0.2) is 40.9 Å². The van der Waals surface area contributed by atoms with Crippen LogP contribution in [0.1, 0.15) is 57.3 Å². The Labute approximate surface area is 184 Å². The Morgan fingerprint density at radius 3 is 2.23 bits per heavy atom. The van der Waals surface area contributed by atoms with E-state index < -0.39 is 0 Å². The lowest BCUT2D eigenvalue weighted by atomic mass is 9.86. The normalized spacial score (nSPS) is 17.7. The number of oxazole rings is 1. The maximum absolute atomic E-state index is 12.6. The van der Waals surface area contributed by atoms with Crippen molar-refractivity contribution in [3.05, 3.63) is 42.4 Å². The number of carbonyl (C=O) groups excluding carboxylic acids is 2. The molecule has 1 aliphatic carbocycles. The third-order valence-corrected chi connectivity index (χ3v) is 6.64. The minimum Gasteiger partial charge on any atom is -0.441 e. The lowest BCUT2D eigenvalue weighted by molar-refractivity contribution is -0.139. The Kier molecular flexibility index (Phi) is 7.39. The smallest absolute Gasteiger partial charge is 0.223 e. The Morgan fingerprint density at radius 2 is 1.55 bits per heavy atom. The van der Waals surface area contributed by atoms with Crippen molar-refractivity contribution in [2.75, 3.05) is 26.2 Å². The highest BCUT2D eigenvalue weighted by Gasteiger charge is 2.25. The van der Waals surface area contributed by atoms with Crippen molar-refractivity contribution in [2.24, 2.45) is 5.92 Å². The van der Waals surface area contributed by atoms with Gasteiger partial charge in [0.15, 0.2) is 11.7 Å². The molecule has 0 bridgehead atoms. The van der Waals surface area contributed by atoms with Gasteiger partial charge in [-0.25, -0.2) is 4.98 Å². The first kappa shape index (κ1) is 21.6. The van der Waals surface area contributed by atoms with Crippen molar-refractivity contribution in [1.82, 2.24) is 14.8 Å². The number of nitrogens with zero attached hydrogens (tertiary/aromatic N) is 3. The SMILES string of the molecule is O=C(CCc1ncc(-c2ccccc2)o1)N1CCN(C(=O)CCC2CCCCC2)CC1. The van der Waals surface area contributed by atoms with Gasteiger partial charge in [-0.2, -0.15) is 0 Å². The average Bonchev–Trinajstić information content (AvgIpc) is 3.31. The molecule has 0 spiro atoms. The molecule has 2 heterocycles. The van der Waals surface area contributed by atoms with Gasteiger partial charge in [-0.3, -0.25) is 9.59 Å². The van der Waals surface area contributed by atoms with E-state index in [1.54, 1.807) is 6.20 Å². The molecule has 0 atom stereocenters. The maximum Gasteiger partial charge on any atom is 0.223 e. The molecule has 2 amide bonds. The van der Waals surface area contributed by atoms with E-state index in [0.717, 1.165) is 23.7 Å². The van der Waals surface area contributed by atoms with Gasteiger partial charge in [0.1, 0.15) is 0 Å². The van der Waals surface area contributed by atoms with Gasteiger partial charge < -0.3 is 14.2 Å². The summed E-state index contributed by atoms with van der Waals surface area (Å²) in [6, 6.07) is 9.84. The largest absolute Gasteiger partial charge is 0.441 e. The number of benzene rings is 1. The third-order valence-electron chi connectivity index (χ3n) is 6.64. The zero-order valence-corrected chi connectivity index (χ0v) is 18.3. The fourth-order valence-corrected chi connectivity index (χ4v) is 4.70. The minimum absolute atomic E-state index is 0.105. The summed E-state index contributed by atoms with van der Waals surface area (Å²) in [7, 11) is 0. The van der Waals surface area contributed by atoms with Crippen molar-refractivity contribution in [3.8, 4) is 11.3 Å². The van der Waals surface area contributed by atoms with Crippen molar-refractivity contribution < 1.29 is 14.0 Å². The van der Waals surface area contributed by atoms with Crippen LogP contribution >= 0.6 is 0 Å². The number of carbonyl (C=O) groups is 2. The minimum atomic E-state index is 0.105. The number of amides is 2. The molecular weight excluding hydrogens is 390 g/mol. The van der Waals surface area contributed by atoms with Crippen LogP contribution in [0, 0.1) is 5.92 Å². The van der Waals surface area contributed by atoms with E-state index in [1.165, 1.54) is 32.1 Å². The monoisotopic (exact) mass is 423 g/mol. The molecule has 2 aromatic rings. The fourth-order valence-electron chi connectivity index (χ4n) is 4.70. The third kappa shape index (κ3) is 5.96. The van der Waals surface area contributed by atoms with Crippen LogP contribution in [0.25, 0.3) is 11.3 Å². The van der Waals surface area contributed by atoms with Gasteiger partial charge in [0, 0.05) is 51.0 Å². The zero-order valence-electron chi connectivity index (χ0n) is 18.3. The second-order valence-electron chi connectivity index (χ2n) is 8.79. The van der Waals surface area contributed by atoms with Crippen molar-refractivity contribution in [3.63, 3.8) is 0 Å². The van der Waals surface area contributed by atoms with Crippen molar-refractivity contribution in [1.29, 1.82) is 0 Å². The molecule has 4 rings (SSSR count). The first-order chi connectivity index (χ1) is 15.2. The number of aryl methyl sites for hydroxylation is 1. The highest BCUT2D eigenvalue weighted by Crippen LogP contribution is 2.27. The Hall–Kier alpha value is -2.63. The number of hydrogen-bond donors (Lipinski definition) is 0. The topological polar surface area (TPSA) is 66.7 Å². The lowest BCUT2D eigenvalue weighted by Crippen LogP contribution is -2.50. The molecular formula is C25H33N3O3. The summed E-state index contributed by atoms with van der Waals surface area (Å²) in [5.41, 5.74) is 0.983.